The van der Waals surface area contributed by atoms with Crippen LogP contribution in [0.3, 0.4) is 0 Å². The summed E-state index contributed by atoms with van der Waals surface area (Å²) in [7, 11) is 0. The molecule has 2 N–H and O–H groups in total. The summed E-state index contributed by atoms with van der Waals surface area (Å²) in [5.74, 6) is 1.64. The number of hydrogen-bond donors (Lipinski definition) is 1. The van der Waals surface area contributed by atoms with Crippen molar-refractivity contribution >= 4 is 0 Å². The Balaban J connectivity index is 1.58. The Morgan fingerprint density at radius 1 is 1.00 bits per heavy atom. The van der Waals surface area contributed by atoms with E-state index in [1.54, 1.807) is 0 Å². The van der Waals surface area contributed by atoms with E-state index in [-0.39, 0.29) is 5.54 Å². The molecule has 1 aliphatic carbocycles. The van der Waals surface area contributed by atoms with E-state index in [0.29, 0.717) is 17.7 Å². The van der Waals surface area contributed by atoms with Gasteiger partial charge in [-0.3, -0.25) is 4.90 Å². The maximum Gasteiger partial charge on any atom is 0.137 e. The highest BCUT2D eigenvalue weighted by Gasteiger charge is 2.42. The number of hydrogen-bond acceptors (Lipinski definition) is 3. The lowest BCUT2D eigenvalue weighted by molar-refractivity contribution is 0.0732. The van der Waals surface area contributed by atoms with Crippen LogP contribution in [0, 0.1) is 17.3 Å². The van der Waals surface area contributed by atoms with Crippen LogP contribution >= 0.6 is 0 Å². The topological polar surface area (TPSA) is 41.8 Å². The molecule has 2 heterocycles. The molecule has 6 atom stereocenters. The minimum atomic E-state index is 0.0341. The molecule has 27 heavy (non-hydrogen) atoms. The Kier molecular flexibility index (Phi) is 7.30. The van der Waals surface area contributed by atoms with Crippen molar-refractivity contribution in [1.29, 1.82) is 0 Å². The molecule has 3 heteroatoms. The first kappa shape index (κ1) is 21.6. The van der Waals surface area contributed by atoms with Crippen LogP contribution in [0.1, 0.15) is 105 Å². The summed E-state index contributed by atoms with van der Waals surface area (Å²) in [6.07, 6.45) is 17.0. The summed E-state index contributed by atoms with van der Waals surface area (Å²) < 4.78 is 5.75. The van der Waals surface area contributed by atoms with E-state index in [2.05, 4.69) is 32.6 Å². The van der Waals surface area contributed by atoms with Gasteiger partial charge in [-0.1, -0.05) is 46.0 Å². The molecule has 0 aromatic heterocycles. The lowest BCUT2D eigenvalue weighted by atomic mass is 9.66. The SMILES string of the molecule is CC1OC1N1CCCC(CC(C)C2(C)CCCCCCCC(C)(N)CC2)C1. The first-order valence-corrected chi connectivity index (χ1v) is 12.0. The Morgan fingerprint density at radius 3 is 2.37 bits per heavy atom. The number of likely N-dealkylation sites (tertiary alicyclic amines) is 1. The molecule has 0 aromatic carbocycles. The number of piperidine rings is 1. The van der Waals surface area contributed by atoms with Crippen LogP contribution in [-0.2, 0) is 4.74 Å². The summed E-state index contributed by atoms with van der Waals surface area (Å²) in [5, 5.41) is 0. The van der Waals surface area contributed by atoms with Crippen molar-refractivity contribution in [1.82, 2.24) is 4.90 Å². The van der Waals surface area contributed by atoms with Crippen LogP contribution in [0.25, 0.3) is 0 Å². The van der Waals surface area contributed by atoms with Gasteiger partial charge in [0.1, 0.15) is 6.23 Å². The van der Waals surface area contributed by atoms with E-state index in [1.165, 1.54) is 90.1 Å². The molecule has 3 nitrogen and oxygen atoms in total. The van der Waals surface area contributed by atoms with E-state index in [4.69, 9.17) is 10.5 Å². The number of ether oxygens (including phenoxy) is 1. The maximum absolute atomic E-state index is 6.68. The van der Waals surface area contributed by atoms with Crippen molar-refractivity contribution in [3.8, 4) is 0 Å². The zero-order valence-corrected chi connectivity index (χ0v) is 18.6. The average molecular weight is 379 g/mol. The second kappa shape index (κ2) is 9.13. The normalized spacial score (nSPS) is 43.7. The highest BCUT2D eigenvalue weighted by atomic mass is 16.6. The minimum absolute atomic E-state index is 0.0341. The molecule has 0 aromatic rings. The zero-order valence-electron chi connectivity index (χ0n) is 18.6. The third-order valence-corrected chi connectivity index (χ3v) is 8.23. The molecule has 0 amide bonds. The monoisotopic (exact) mass is 378 g/mol. The number of nitrogens with two attached hydrogens (primary N) is 1. The van der Waals surface area contributed by atoms with Crippen LogP contribution in [-0.4, -0.2) is 35.9 Å². The van der Waals surface area contributed by atoms with Gasteiger partial charge >= 0.3 is 0 Å². The van der Waals surface area contributed by atoms with Crippen LogP contribution in [0.5, 0.6) is 0 Å². The lowest BCUT2D eigenvalue weighted by Gasteiger charge is -2.41. The standard InChI is InChI=1S/C24H46N2O/c1-19(17-21-11-10-16-26(18-21)22-20(2)27-22)23(3)12-8-6-5-7-9-13-24(4,25)15-14-23/h19-22H,5-18,25H2,1-4H3. The summed E-state index contributed by atoms with van der Waals surface area (Å²) in [6, 6.07) is 0. The van der Waals surface area contributed by atoms with Gasteiger partial charge in [-0.25, -0.2) is 0 Å². The molecule has 2 aliphatic heterocycles. The van der Waals surface area contributed by atoms with Crippen molar-refractivity contribution in [3.05, 3.63) is 0 Å². The van der Waals surface area contributed by atoms with Crippen molar-refractivity contribution in [2.24, 2.45) is 23.0 Å². The third kappa shape index (κ3) is 6.18. The highest BCUT2D eigenvalue weighted by molar-refractivity contribution is 4.90. The predicted molar refractivity (Wildman–Crippen MR) is 115 cm³/mol. The lowest BCUT2D eigenvalue weighted by Crippen LogP contribution is -2.41. The first-order chi connectivity index (χ1) is 12.8. The van der Waals surface area contributed by atoms with E-state index in [9.17, 15) is 0 Å². The fraction of sp³-hybridized carbons (Fsp3) is 1.00. The molecular formula is C24H46N2O. The predicted octanol–water partition coefficient (Wildman–Crippen LogP) is 5.72. The minimum Gasteiger partial charge on any atom is -0.353 e. The van der Waals surface area contributed by atoms with Crippen LogP contribution in [0.15, 0.2) is 0 Å². The van der Waals surface area contributed by atoms with Crippen molar-refractivity contribution in [2.75, 3.05) is 13.1 Å². The van der Waals surface area contributed by atoms with Gasteiger partial charge in [0.2, 0.25) is 0 Å². The summed E-state index contributed by atoms with van der Waals surface area (Å²) in [5.41, 5.74) is 7.16. The Hall–Kier alpha value is -0.120. The third-order valence-electron chi connectivity index (χ3n) is 8.23. The first-order valence-electron chi connectivity index (χ1n) is 12.0. The summed E-state index contributed by atoms with van der Waals surface area (Å²) in [4.78, 5) is 2.61. The number of epoxide rings is 1. The second-order valence-electron chi connectivity index (χ2n) is 10.9. The molecule has 0 spiro atoms. The molecule has 3 rings (SSSR count). The molecule has 158 valence electrons. The molecule has 2 saturated heterocycles. The molecule has 6 unspecified atom stereocenters. The molecule has 0 bridgehead atoms. The largest absolute Gasteiger partial charge is 0.353 e. The zero-order chi connectivity index (χ0) is 19.5. The van der Waals surface area contributed by atoms with Gasteiger partial charge in [-0.2, -0.15) is 0 Å². The average Bonchev–Trinajstić information content (AvgIpc) is 3.36. The fourth-order valence-electron chi connectivity index (χ4n) is 5.76. The van der Waals surface area contributed by atoms with Gasteiger partial charge < -0.3 is 10.5 Å². The summed E-state index contributed by atoms with van der Waals surface area (Å²) in [6.45, 7) is 12.1. The van der Waals surface area contributed by atoms with E-state index >= 15 is 0 Å². The fourth-order valence-corrected chi connectivity index (χ4v) is 5.76. The molecule has 3 aliphatic rings. The molecule has 3 fully saturated rings. The van der Waals surface area contributed by atoms with Gasteiger partial charge in [0, 0.05) is 18.6 Å². The Bertz CT molecular complexity index is 465. The van der Waals surface area contributed by atoms with Gasteiger partial charge in [0.25, 0.3) is 0 Å². The molecule has 1 saturated carbocycles. The van der Waals surface area contributed by atoms with Crippen LogP contribution in [0.4, 0.5) is 0 Å². The highest BCUT2D eigenvalue weighted by Crippen LogP contribution is 2.44. The van der Waals surface area contributed by atoms with Crippen molar-refractivity contribution in [2.45, 2.75) is 123 Å². The number of rotatable bonds is 4. The van der Waals surface area contributed by atoms with Gasteiger partial charge in [0.15, 0.2) is 0 Å². The van der Waals surface area contributed by atoms with E-state index in [0.717, 1.165) is 11.8 Å². The van der Waals surface area contributed by atoms with Crippen molar-refractivity contribution < 1.29 is 4.74 Å². The van der Waals surface area contributed by atoms with Gasteiger partial charge in [-0.15, -0.1) is 0 Å². The summed E-state index contributed by atoms with van der Waals surface area (Å²) >= 11 is 0. The number of nitrogens with zero attached hydrogens (tertiary/aromatic N) is 1. The van der Waals surface area contributed by atoms with Gasteiger partial charge in [-0.05, 0) is 76.0 Å². The van der Waals surface area contributed by atoms with Crippen molar-refractivity contribution in [3.63, 3.8) is 0 Å². The quantitative estimate of drug-likeness (QED) is 0.636. The van der Waals surface area contributed by atoms with Crippen LogP contribution < -0.4 is 5.73 Å². The van der Waals surface area contributed by atoms with Crippen LogP contribution in [0.2, 0.25) is 0 Å². The Labute approximate surface area is 168 Å². The molecule has 0 radical (unpaired) electrons. The maximum atomic E-state index is 6.68. The molecular weight excluding hydrogens is 332 g/mol. The Morgan fingerprint density at radius 2 is 1.67 bits per heavy atom. The second-order valence-corrected chi connectivity index (χ2v) is 10.9. The van der Waals surface area contributed by atoms with E-state index < -0.39 is 0 Å². The van der Waals surface area contributed by atoms with Gasteiger partial charge in [0.05, 0.1) is 6.10 Å². The van der Waals surface area contributed by atoms with E-state index in [1.807, 2.05) is 0 Å². The smallest absolute Gasteiger partial charge is 0.137 e.